The maximum Gasteiger partial charge on any atom is 0.0991 e. The second-order valence-electron chi connectivity index (χ2n) is 3.09. The highest BCUT2D eigenvalue weighted by Gasteiger charge is 2.07. The fraction of sp³-hybridized carbons (Fsp3) is 0.182. The van der Waals surface area contributed by atoms with Gasteiger partial charge in [-0.15, -0.1) is 11.3 Å². The number of rotatable bonds is 1. The van der Waals surface area contributed by atoms with Crippen molar-refractivity contribution in [1.29, 1.82) is 5.26 Å². The van der Waals surface area contributed by atoms with E-state index in [-0.39, 0.29) is 0 Å². The number of alkyl halides is 1. The molecule has 0 atom stereocenters. The average molecular weight is 266 g/mol. The lowest BCUT2D eigenvalue weighted by Gasteiger charge is -1.95. The van der Waals surface area contributed by atoms with E-state index in [9.17, 15) is 0 Å². The Hall–Kier alpha value is -0.850. The zero-order chi connectivity index (χ0) is 10.1. The standard InChI is InChI=1S/C11H8BrNS/c1-7-10(5-12)9-4-8(6-13)2-3-11(9)14-7/h2-4H,5H2,1H3. The lowest BCUT2D eigenvalue weighted by molar-refractivity contribution is 1.43. The van der Waals surface area contributed by atoms with Crippen LogP contribution in [0.2, 0.25) is 0 Å². The normalized spacial score (nSPS) is 10.4. The Kier molecular flexibility index (Phi) is 2.58. The molecule has 2 rings (SSSR count). The van der Waals surface area contributed by atoms with Gasteiger partial charge in [0, 0.05) is 14.9 Å². The number of halogens is 1. The molecule has 0 spiro atoms. The first-order chi connectivity index (χ1) is 6.76. The lowest BCUT2D eigenvalue weighted by atomic mass is 10.1. The van der Waals surface area contributed by atoms with Crippen molar-refractivity contribution in [3.63, 3.8) is 0 Å². The minimum absolute atomic E-state index is 0.734. The van der Waals surface area contributed by atoms with E-state index < -0.39 is 0 Å². The molecule has 1 aromatic heterocycles. The van der Waals surface area contributed by atoms with Crippen LogP contribution in [-0.2, 0) is 5.33 Å². The number of hydrogen-bond donors (Lipinski definition) is 0. The minimum atomic E-state index is 0.734. The first-order valence-corrected chi connectivity index (χ1v) is 6.18. The summed E-state index contributed by atoms with van der Waals surface area (Å²) >= 11 is 5.26. The van der Waals surface area contributed by atoms with Gasteiger partial charge in [0.2, 0.25) is 0 Å². The molecule has 2 aromatic rings. The van der Waals surface area contributed by atoms with Gasteiger partial charge in [0.05, 0.1) is 11.6 Å². The molecular formula is C11H8BrNS. The van der Waals surface area contributed by atoms with Gasteiger partial charge in [0.25, 0.3) is 0 Å². The van der Waals surface area contributed by atoms with Gasteiger partial charge in [-0.05, 0) is 36.1 Å². The summed E-state index contributed by atoms with van der Waals surface area (Å²) in [5.41, 5.74) is 2.04. The number of nitriles is 1. The lowest BCUT2D eigenvalue weighted by Crippen LogP contribution is -1.78. The van der Waals surface area contributed by atoms with Crippen molar-refractivity contribution in [3.05, 3.63) is 34.2 Å². The first-order valence-electron chi connectivity index (χ1n) is 4.24. The maximum atomic E-state index is 8.81. The largest absolute Gasteiger partial charge is 0.192 e. The van der Waals surface area contributed by atoms with Gasteiger partial charge in [0.15, 0.2) is 0 Å². The Morgan fingerprint density at radius 2 is 2.29 bits per heavy atom. The van der Waals surface area contributed by atoms with Crippen LogP contribution in [0.5, 0.6) is 0 Å². The second kappa shape index (κ2) is 3.72. The minimum Gasteiger partial charge on any atom is -0.192 e. The molecule has 0 aliphatic carbocycles. The quantitative estimate of drug-likeness (QED) is 0.716. The first kappa shape index (κ1) is 9.70. The van der Waals surface area contributed by atoms with Crippen LogP contribution < -0.4 is 0 Å². The Labute approximate surface area is 95.1 Å². The highest BCUT2D eigenvalue weighted by Crippen LogP contribution is 2.32. The molecule has 0 aliphatic rings. The SMILES string of the molecule is Cc1sc2ccc(C#N)cc2c1CBr. The van der Waals surface area contributed by atoms with Gasteiger partial charge in [-0.25, -0.2) is 0 Å². The van der Waals surface area contributed by atoms with Crippen LogP contribution in [0.1, 0.15) is 16.0 Å². The van der Waals surface area contributed by atoms with Gasteiger partial charge in [0.1, 0.15) is 0 Å². The fourth-order valence-corrected chi connectivity index (χ4v) is 3.48. The predicted molar refractivity (Wildman–Crippen MR) is 63.9 cm³/mol. The Balaban J connectivity index is 2.79. The topological polar surface area (TPSA) is 23.8 Å². The molecule has 0 saturated heterocycles. The molecule has 0 N–H and O–H groups in total. The number of aryl methyl sites for hydroxylation is 1. The summed E-state index contributed by atoms with van der Waals surface area (Å²) in [6, 6.07) is 8.03. The summed E-state index contributed by atoms with van der Waals surface area (Å²) < 4.78 is 1.26. The molecule has 3 heteroatoms. The number of hydrogen-bond acceptors (Lipinski definition) is 2. The molecule has 0 unspecified atom stereocenters. The van der Waals surface area contributed by atoms with Crippen molar-refractivity contribution >= 4 is 37.4 Å². The molecule has 0 aliphatic heterocycles. The third-order valence-electron chi connectivity index (χ3n) is 2.26. The highest BCUT2D eigenvalue weighted by molar-refractivity contribution is 9.08. The number of fused-ring (bicyclic) bond motifs is 1. The molecule has 0 fully saturated rings. The number of nitrogens with zero attached hydrogens (tertiary/aromatic N) is 1. The monoisotopic (exact) mass is 265 g/mol. The zero-order valence-corrected chi connectivity index (χ0v) is 10.1. The van der Waals surface area contributed by atoms with Crippen molar-refractivity contribution in [2.75, 3.05) is 0 Å². The Morgan fingerprint density at radius 1 is 1.50 bits per heavy atom. The molecule has 0 saturated carbocycles. The van der Waals surface area contributed by atoms with E-state index >= 15 is 0 Å². The van der Waals surface area contributed by atoms with E-state index in [0.717, 1.165) is 10.9 Å². The van der Waals surface area contributed by atoms with Crippen molar-refractivity contribution in [3.8, 4) is 6.07 Å². The summed E-state index contributed by atoms with van der Waals surface area (Å²) in [5, 5.41) is 10.9. The summed E-state index contributed by atoms with van der Waals surface area (Å²) in [6.45, 7) is 2.12. The fourth-order valence-electron chi connectivity index (χ4n) is 1.51. The van der Waals surface area contributed by atoms with Gasteiger partial charge >= 0.3 is 0 Å². The molecule has 1 heterocycles. The van der Waals surface area contributed by atoms with Crippen LogP contribution in [0.4, 0.5) is 0 Å². The van der Waals surface area contributed by atoms with Crippen LogP contribution in [0.3, 0.4) is 0 Å². The van der Waals surface area contributed by atoms with E-state index in [1.807, 2.05) is 18.2 Å². The molecule has 1 aromatic carbocycles. The molecule has 14 heavy (non-hydrogen) atoms. The molecule has 0 amide bonds. The summed E-state index contributed by atoms with van der Waals surface area (Å²) in [4.78, 5) is 1.33. The van der Waals surface area contributed by atoms with Gasteiger partial charge in [-0.2, -0.15) is 5.26 Å². The molecular weight excluding hydrogens is 258 g/mol. The number of benzene rings is 1. The van der Waals surface area contributed by atoms with Gasteiger partial charge in [-0.3, -0.25) is 0 Å². The van der Waals surface area contributed by atoms with Crippen LogP contribution >= 0.6 is 27.3 Å². The van der Waals surface area contributed by atoms with Crippen LogP contribution in [0.15, 0.2) is 18.2 Å². The van der Waals surface area contributed by atoms with Gasteiger partial charge in [-0.1, -0.05) is 15.9 Å². The summed E-state index contributed by atoms with van der Waals surface area (Å²) in [6.07, 6.45) is 0. The Bertz CT molecular complexity index is 522. The molecule has 0 radical (unpaired) electrons. The summed E-state index contributed by atoms with van der Waals surface area (Å²) in [7, 11) is 0. The predicted octanol–water partition coefficient (Wildman–Crippen LogP) is 3.98. The van der Waals surface area contributed by atoms with Gasteiger partial charge < -0.3 is 0 Å². The maximum absolute atomic E-state index is 8.81. The van der Waals surface area contributed by atoms with Crippen molar-refractivity contribution in [2.24, 2.45) is 0 Å². The van der Waals surface area contributed by atoms with Crippen molar-refractivity contribution in [2.45, 2.75) is 12.3 Å². The molecule has 0 bridgehead atoms. The van der Waals surface area contributed by atoms with Crippen LogP contribution in [-0.4, -0.2) is 0 Å². The Morgan fingerprint density at radius 3 is 2.93 bits per heavy atom. The van der Waals surface area contributed by atoms with E-state index in [4.69, 9.17) is 5.26 Å². The third-order valence-corrected chi connectivity index (χ3v) is 3.94. The molecule has 70 valence electrons. The van der Waals surface area contributed by atoms with Crippen LogP contribution in [0.25, 0.3) is 10.1 Å². The third kappa shape index (κ3) is 1.45. The highest BCUT2D eigenvalue weighted by atomic mass is 79.9. The second-order valence-corrected chi connectivity index (χ2v) is 4.91. The summed E-state index contributed by atoms with van der Waals surface area (Å²) in [5.74, 6) is 0. The van der Waals surface area contributed by atoms with E-state index in [1.54, 1.807) is 11.3 Å². The average Bonchev–Trinajstić information content (AvgIpc) is 2.52. The molecule has 1 nitrogen and oxygen atoms in total. The van der Waals surface area contributed by atoms with E-state index in [2.05, 4.69) is 28.9 Å². The van der Waals surface area contributed by atoms with Crippen molar-refractivity contribution < 1.29 is 0 Å². The van der Waals surface area contributed by atoms with E-state index in [0.29, 0.717) is 0 Å². The zero-order valence-electron chi connectivity index (χ0n) is 7.67. The van der Waals surface area contributed by atoms with Crippen LogP contribution in [0, 0.1) is 18.3 Å². The van der Waals surface area contributed by atoms with Crippen molar-refractivity contribution in [1.82, 2.24) is 0 Å². The smallest absolute Gasteiger partial charge is 0.0991 e. The number of thiophene rings is 1. The van der Waals surface area contributed by atoms with E-state index in [1.165, 1.54) is 20.5 Å².